The van der Waals surface area contributed by atoms with Crippen molar-refractivity contribution in [1.82, 2.24) is 15.0 Å². The van der Waals surface area contributed by atoms with Crippen LogP contribution in [0.5, 0.6) is 0 Å². The van der Waals surface area contributed by atoms with Crippen molar-refractivity contribution < 1.29 is 0 Å². The normalized spacial score (nSPS) is 21.6. The van der Waals surface area contributed by atoms with Gasteiger partial charge in [0, 0.05) is 12.6 Å². The lowest BCUT2D eigenvalue weighted by atomic mass is 10.2. The number of anilines is 2. The Balaban J connectivity index is 2.31. The summed E-state index contributed by atoms with van der Waals surface area (Å²) in [6, 6.07) is 0.452. The molecule has 1 atom stereocenters. The van der Waals surface area contributed by atoms with Crippen LogP contribution < -0.4 is 10.6 Å². The predicted molar refractivity (Wildman–Crippen MR) is 55.3 cm³/mol. The Hall–Kier alpha value is -1.10. The molecule has 6 heteroatoms. The molecule has 1 aliphatic rings. The summed E-state index contributed by atoms with van der Waals surface area (Å²) in [5.41, 5.74) is 5.50. The van der Waals surface area contributed by atoms with Gasteiger partial charge >= 0.3 is 0 Å². The van der Waals surface area contributed by atoms with Crippen LogP contribution in [-0.4, -0.2) is 27.5 Å². The number of hydrogen-bond acceptors (Lipinski definition) is 5. The summed E-state index contributed by atoms with van der Waals surface area (Å²) < 4.78 is 0. The monoisotopic (exact) mass is 213 g/mol. The lowest BCUT2D eigenvalue weighted by Crippen LogP contribution is -2.28. The first-order valence-electron chi connectivity index (χ1n) is 4.60. The second-order valence-electron chi connectivity index (χ2n) is 3.45. The molecule has 0 aliphatic carbocycles. The first kappa shape index (κ1) is 9.45. The highest BCUT2D eigenvalue weighted by atomic mass is 35.5. The van der Waals surface area contributed by atoms with Gasteiger partial charge in [0.25, 0.3) is 0 Å². The molecule has 0 aromatic carbocycles. The van der Waals surface area contributed by atoms with E-state index in [2.05, 4.69) is 26.8 Å². The number of nitrogen functional groups attached to an aromatic ring is 1. The molecule has 0 bridgehead atoms. The Labute approximate surface area is 87.3 Å². The molecule has 2 heterocycles. The third-order valence-corrected chi connectivity index (χ3v) is 2.59. The van der Waals surface area contributed by atoms with Gasteiger partial charge in [0.15, 0.2) is 0 Å². The summed E-state index contributed by atoms with van der Waals surface area (Å²) in [6.07, 6.45) is 2.31. The van der Waals surface area contributed by atoms with Crippen molar-refractivity contribution in [2.24, 2.45) is 0 Å². The molecule has 1 saturated heterocycles. The zero-order chi connectivity index (χ0) is 10.1. The summed E-state index contributed by atoms with van der Waals surface area (Å²) in [7, 11) is 0. The van der Waals surface area contributed by atoms with E-state index < -0.39 is 0 Å². The average Bonchev–Trinajstić information content (AvgIpc) is 2.49. The summed E-state index contributed by atoms with van der Waals surface area (Å²) in [6.45, 7) is 3.10. The van der Waals surface area contributed by atoms with Crippen molar-refractivity contribution in [2.75, 3.05) is 17.2 Å². The van der Waals surface area contributed by atoms with Crippen LogP contribution in [0.2, 0.25) is 5.28 Å². The molecule has 0 spiro atoms. The molecule has 0 saturated carbocycles. The van der Waals surface area contributed by atoms with Gasteiger partial charge in [-0.05, 0) is 31.4 Å². The molecule has 0 radical (unpaired) electrons. The van der Waals surface area contributed by atoms with Gasteiger partial charge in [0.2, 0.25) is 17.2 Å². The largest absolute Gasteiger partial charge is 0.368 e. The van der Waals surface area contributed by atoms with Crippen molar-refractivity contribution in [2.45, 2.75) is 25.8 Å². The van der Waals surface area contributed by atoms with Crippen LogP contribution in [0.3, 0.4) is 0 Å². The van der Waals surface area contributed by atoms with Crippen molar-refractivity contribution in [3.05, 3.63) is 5.28 Å². The second kappa shape index (κ2) is 3.57. The van der Waals surface area contributed by atoms with E-state index in [4.69, 9.17) is 17.3 Å². The Kier molecular flexibility index (Phi) is 2.41. The van der Waals surface area contributed by atoms with Crippen LogP contribution in [0.1, 0.15) is 19.8 Å². The number of hydrogen-bond donors (Lipinski definition) is 1. The summed E-state index contributed by atoms with van der Waals surface area (Å²) in [5, 5.41) is 0.159. The minimum absolute atomic E-state index is 0.159. The van der Waals surface area contributed by atoms with Crippen LogP contribution >= 0.6 is 11.6 Å². The maximum absolute atomic E-state index is 5.71. The van der Waals surface area contributed by atoms with Gasteiger partial charge < -0.3 is 10.6 Å². The minimum atomic E-state index is 0.159. The van der Waals surface area contributed by atoms with Crippen LogP contribution in [0.25, 0.3) is 0 Å². The molecule has 1 aromatic rings. The number of nitrogens with two attached hydrogens (primary N) is 1. The Bertz CT molecular complexity index is 322. The second-order valence-corrected chi connectivity index (χ2v) is 3.79. The smallest absolute Gasteiger partial charge is 0.231 e. The molecular formula is C8H12ClN5. The van der Waals surface area contributed by atoms with Gasteiger partial charge in [0.1, 0.15) is 0 Å². The van der Waals surface area contributed by atoms with Crippen molar-refractivity contribution >= 4 is 23.5 Å². The Morgan fingerprint density at radius 2 is 2.21 bits per heavy atom. The highest BCUT2D eigenvalue weighted by Crippen LogP contribution is 2.22. The maximum Gasteiger partial charge on any atom is 0.231 e. The standard InChI is InChI=1S/C8H12ClN5/c1-5-3-2-4-14(5)8-12-6(9)11-7(10)13-8/h5H,2-4H2,1H3,(H2,10,11,12,13). The summed E-state index contributed by atoms with van der Waals surface area (Å²) >= 11 is 5.71. The molecule has 1 fully saturated rings. The van der Waals surface area contributed by atoms with Crippen molar-refractivity contribution in [1.29, 1.82) is 0 Å². The molecule has 2 rings (SSSR count). The maximum atomic E-state index is 5.71. The van der Waals surface area contributed by atoms with Crippen LogP contribution in [0, 0.1) is 0 Å². The van der Waals surface area contributed by atoms with E-state index in [-0.39, 0.29) is 11.2 Å². The fraction of sp³-hybridized carbons (Fsp3) is 0.625. The van der Waals surface area contributed by atoms with Crippen LogP contribution in [-0.2, 0) is 0 Å². The molecule has 5 nitrogen and oxygen atoms in total. The molecule has 2 N–H and O–H groups in total. The highest BCUT2D eigenvalue weighted by molar-refractivity contribution is 6.28. The van der Waals surface area contributed by atoms with E-state index in [1.807, 2.05) is 0 Å². The van der Waals surface area contributed by atoms with Gasteiger partial charge in [-0.2, -0.15) is 15.0 Å². The van der Waals surface area contributed by atoms with E-state index in [0.29, 0.717) is 12.0 Å². The minimum Gasteiger partial charge on any atom is -0.368 e. The van der Waals surface area contributed by atoms with Gasteiger partial charge in [-0.3, -0.25) is 0 Å². The third kappa shape index (κ3) is 1.72. The molecule has 1 aromatic heterocycles. The predicted octanol–water partition coefficient (Wildman–Crippen LogP) is 1.10. The quantitative estimate of drug-likeness (QED) is 0.757. The van der Waals surface area contributed by atoms with E-state index in [0.717, 1.165) is 19.4 Å². The molecule has 1 aliphatic heterocycles. The van der Waals surface area contributed by atoms with Gasteiger partial charge in [-0.25, -0.2) is 0 Å². The topological polar surface area (TPSA) is 67.9 Å². The highest BCUT2D eigenvalue weighted by Gasteiger charge is 2.23. The summed E-state index contributed by atoms with van der Waals surface area (Å²) in [5.74, 6) is 0.770. The fourth-order valence-corrected chi connectivity index (χ4v) is 1.88. The van der Waals surface area contributed by atoms with E-state index in [1.54, 1.807) is 0 Å². The molecule has 14 heavy (non-hydrogen) atoms. The van der Waals surface area contributed by atoms with Crippen LogP contribution in [0.4, 0.5) is 11.9 Å². The van der Waals surface area contributed by atoms with E-state index in [9.17, 15) is 0 Å². The van der Waals surface area contributed by atoms with Gasteiger partial charge in [0.05, 0.1) is 0 Å². The van der Waals surface area contributed by atoms with Crippen molar-refractivity contribution in [3.63, 3.8) is 0 Å². The fourth-order valence-electron chi connectivity index (χ4n) is 1.71. The Morgan fingerprint density at radius 3 is 2.79 bits per heavy atom. The van der Waals surface area contributed by atoms with Crippen molar-refractivity contribution in [3.8, 4) is 0 Å². The zero-order valence-corrected chi connectivity index (χ0v) is 8.70. The zero-order valence-electron chi connectivity index (χ0n) is 7.94. The number of aromatic nitrogens is 3. The lowest BCUT2D eigenvalue weighted by molar-refractivity contribution is 0.715. The average molecular weight is 214 g/mol. The first-order valence-corrected chi connectivity index (χ1v) is 4.98. The number of rotatable bonds is 1. The van der Waals surface area contributed by atoms with E-state index in [1.165, 1.54) is 0 Å². The third-order valence-electron chi connectivity index (χ3n) is 2.42. The SMILES string of the molecule is CC1CCCN1c1nc(N)nc(Cl)n1. The molecule has 1 unspecified atom stereocenters. The first-order chi connectivity index (χ1) is 6.66. The molecule has 0 amide bonds. The van der Waals surface area contributed by atoms with Crippen LogP contribution in [0.15, 0.2) is 0 Å². The Morgan fingerprint density at radius 1 is 1.43 bits per heavy atom. The van der Waals surface area contributed by atoms with Gasteiger partial charge in [-0.1, -0.05) is 0 Å². The molecule has 76 valence electrons. The number of nitrogens with zero attached hydrogens (tertiary/aromatic N) is 4. The van der Waals surface area contributed by atoms with Gasteiger partial charge in [-0.15, -0.1) is 0 Å². The number of halogens is 1. The summed E-state index contributed by atoms with van der Waals surface area (Å²) in [4.78, 5) is 13.9. The lowest BCUT2D eigenvalue weighted by Gasteiger charge is -2.20. The molecular weight excluding hydrogens is 202 g/mol. The van der Waals surface area contributed by atoms with E-state index >= 15 is 0 Å².